The molecule has 0 rings (SSSR count). The maximum atomic E-state index is 13.2. The number of aliphatic hydroxyl groups is 2. The number of rotatable bonds is 43. The average Bonchev–Trinajstić information content (AvgIpc) is 3.28. The number of hydrogen-bond acceptors (Lipinski definition) is 5. The van der Waals surface area contributed by atoms with Crippen molar-refractivity contribution in [1.82, 2.24) is 5.32 Å². The molecule has 1 amide bonds. The molecule has 356 valence electrons. The van der Waals surface area contributed by atoms with Crippen molar-refractivity contribution in [2.45, 2.75) is 219 Å². The monoisotopic (exact) mass is 872 g/mol. The SMILES string of the molecule is CC/C=C\C/C=C\C/C=C\C/C=C\C/C=C\CCCC(CC(=O)NC(CO)C(O)CCCCCCCCCCCCC)OC(=O)CC/C=C/C/C=C/C/C=C/C/C=C/C/C=C/CC. The Kier molecular flexibility index (Phi) is 46.4. The molecule has 0 aliphatic rings. The number of aliphatic hydroxyl groups excluding tert-OH is 2. The van der Waals surface area contributed by atoms with Crippen LogP contribution in [0.4, 0.5) is 0 Å². The van der Waals surface area contributed by atoms with E-state index >= 15 is 0 Å². The number of allylic oxidation sites excluding steroid dienone is 20. The third-order valence-corrected chi connectivity index (χ3v) is 10.5. The van der Waals surface area contributed by atoms with E-state index in [1.54, 1.807) is 0 Å². The van der Waals surface area contributed by atoms with Crippen LogP contribution < -0.4 is 5.32 Å². The molecule has 0 aliphatic heterocycles. The molecule has 0 spiro atoms. The number of carbonyl (C=O) groups is 2. The van der Waals surface area contributed by atoms with Crippen molar-refractivity contribution in [2.75, 3.05) is 6.61 Å². The van der Waals surface area contributed by atoms with E-state index in [1.165, 1.54) is 51.4 Å². The van der Waals surface area contributed by atoms with E-state index < -0.39 is 18.2 Å². The summed E-state index contributed by atoms with van der Waals surface area (Å²) in [5.41, 5.74) is 0. The lowest BCUT2D eigenvalue weighted by molar-refractivity contribution is -0.150. The van der Waals surface area contributed by atoms with Gasteiger partial charge in [-0.05, 0) is 96.3 Å². The Labute approximate surface area is 387 Å². The Bertz CT molecular complexity index is 1350. The van der Waals surface area contributed by atoms with Gasteiger partial charge in [0, 0.05) is 6.42 Å². The van der Waals surface area contributed by atoms with Crippen molar-refractivity contribution in [1.29, 1.82) is 0 Å². The summed E-state index contributed by atoms with van der Waals surface area (Å²) in [7, 11) is 0. The van der Waals surface area contributed by atoms with Crippen LogP contribution in [-0.4, -0.2) is 46.9 Å². The van der Waals surface area contributed by atoms with E-state index in [4.69, 9.17) is 4.74 Å². The number of esters is 1. The molecule has 0 aromatic heterocycles. The van der Waals surface area contributed by atoms with Crippen molar-refractivity contribution >= 4 is 11.9 Å². The van der Waals surface area contributed by atoms with Gasteiger partial charge in [-0.2, -0.15) is 0 Å². The molecule has 0 heterocycles. The molecule has 6 heteroatoms. The van der Waals surface area contributed by atoms with Crippen molar-refractivity contribution in [3.63, 3.8) is 0 Å². The standard InChI is InChI=1S/C57H93NO5/c1-4-7-10-13-16-19-22-24-26-28-29-31-34-36-39-42-45-48-53(63-57(62)50-47-44-41-38-35-32-30-27-25-23-20-17-14-11-8-5-2)51-56(61)58-54(52-59)55(60)49-46-43-40-37-33-21-18-15-12-9-6-3/h7-8,10-11,16-17,19-20,24-27,29,31-32,35-36,39,41,44,53-55,59-60H,4-6,9,12-15,18,21-23,28,30,33-34,37-38,40,42-43,45-52H2,1-3H3,(H,58,61)/b10-7-,11-8+,19-16-,20-17+,26-24-,27-25+,31-29-,35-32+,39-36-,44-41+. The van der Waals surface area contributed by atoms with Crippen LogP contribution in [0, 0.1) is 0 Å². The third-order valence-electron chi connectivity index (χ3n) is 10.5. The minimum absolute atomic E-state index is 0.000735. The van der Waals surface area contributed by atoms with Crippen LogP contribution in [-0.2, 0) is 14.3 Å². The number of carbonyl (C=O) groups excluding carboxylic acids is 2. The lowest BCUT2D eigenvalue weighted by atomic mass is 10.0. The van der Waals surface area contributed by atoms with Gasteiger partial charge in [-0.3, -0.25) is 9.59 Å². The van der Waals surface area contributed by atoms with Crippen LogP contribution >= 0.6 is 0 Å². The Morgan fingerprint density at radius 3 is 1.27 bits per heavy atom. The molecule has 6 nitrogen and oxygen atoms in total. The maximum Gasteiger partial charge on any atom is 0.306 e. The van der Waals surface area contributed by atoms with Gasteiger partial charge in [-0.25, -0.2) is 0 Å². The molecule has 0 radical (unpaired) electrons. The number of unbranched alkanes of at least 4 members (excludes halogenated alkanes) is 11. The van der Waals surface area contributed by atoms with E-state index in [1.807, 2.05) is 6.08 Å². The van der Waals surface area contributed by atoms with Crippen molar-refractivity contribution in [3.05, 3.63) is 122 Å². The van der Waals surface area contributed by atoms with Gasteiger partial charge in [0.1, 0.15) is 6.10 Å². The second kappa shape index (κ2) is 49.3. The first kappa shape index (κ1) is 59.3. The first-order valence-electron chi connectivity index (χ1n) is 25.3. The summed E-state index contributed by atoms with van der Waals surface area (Å²) in [5, 5.41) is 23.7. The van der Waals surface area contributed by atoms with Crippen LogP contribution in [0.2, 0.25) is 0 Å². The fourth-order valence-electron chi connectivity index (χ4n) is 6.80. The zero-order chi connectivity index (χ0) is 45.9. The summed E-state index contributed by atoms with van der Waals surface area (Å²) in [6, 6.07) is -0.742. The second-order valence-corrected chi connectivity index (χ2v) is 16.4. The Balaban J connectivity index is 4.86. The zero-order valence-electron chi connectivity index (χ0n) is 40.4. The molecule has 3 N–H and O–H groups in total. The van der Waals surface area contributed by atoms with Gasteiger partial charge < -0.3 is 20.3 Å². The molecule has 0 fully saturated rings. The first-order chi connectivity index (χ1) is 31.0. The van der Waals surface area contributed by atoms with Crippen LogP contribution in [0.5, 0.6) is 0 Å². The summed E-state index contributed by atoms with van der Waals surface area (Å²) in [6.45, 7) is 6.20. The maximum absolute atomic E-state index is 13.2. The molecular formula is C57H93NO5. The van der Waals surface area contributed by atoms with Gasteiger partial charge in [0.25, 0.3) is 0 Å². The third kappa shape index (κ3) is 44.7. The minimum Gasteiger partial charge on any atom is -0.462 e. The highest BCUT2D eigenvalue weighted by Gasteiger charge is 2.23. The summed E-state index contributed by atoms with van der Waals surface area (Å²) in [6.07, 6.45) is 68.4. The van der Waals surface area contributed by atoms with E-state index in [2.05, 4.69) is 142 Å². The van der Waals surface area contributed by atoms with E-state index in [9.17, 15) is 19.8 Å². The minimum atomic E-state index is -0.822. The molecule has 0 bridgehead atoms. The Morgan fingerprint density at radius 2 is 0.857 bits per heavy atom. The highest BCUT2D eigenvalue weighted by Crippen LogP contribution is 2.16. The molecule has 0 aliphatic carbocycles. The molecule has 0 aromatic carbocycles. The summed E-state index contributed by atoms with van der Waals surface area (Å²) >= 11 is 0. The summed E-state index contributed by atoms with van der Waals surface area (Å²) in [4.78, 5) is 26.1. The smallest absolute Gasteiger partial charge is 0.306 e. The van der Waals surface area contributed by atoms with Crippen molar-refractivity contribution in [2.24, 2.45) is 0 Å². The lowest BCUT2D eigenvalue weighted by Gasteiger charge is -2.24. The highest BCUT2D eigenvalue weighted by molar-refractivity contribution is 5.77. The van der Waals surface area contributed by atoms with E-state index in [0.717, 1.165) is 96.3 Å². The topological polar surface area (TPSA) is 95.9 Å². The van der Waals surface area contributed by atoms with Crippen molar-refractivity contribution in [3.8, 4) is 0 Å². The van der Waals surface area contributed by atoms with Gasteiger partial charge in [0.15, 0.2) is 0 Å². The number of ether oxygens (including phenoxy) is 1. The van der Waals surface area contributed by atoms with E-state index in [-0.39, 0.29) is 31.3 Å². The quantitative estimate of drug-likeness (QED) is 0.0322. The highest BCUT2D eigenvalue weighted by atomic mass is 16.5. The second-order valence-electron chi connectivity index (χ2n) is 16.4. The largest absolute Gasteiger partial charge is 0.462 e. The molecule has 0 saturated carbocycles. The number of amides is 1. The van der Waals surface area contributed by atoms with Gasteiger partial charge >= 0.3 is 5.97 Å². The number of hydrogen-bond donors (Lipinski definition) is 3. The van der Waals surface area contributed by atoms with Crippen LogP contribution in [0.25, 0.3) is 0 Å². The Hall–Kier alpha value is -3.74. The van der Waals surface area contributed by atoms with Crippen LogP contribution in [0.1, 0.15) is 201 Å². The van der Waals surface area contributed by atoms with Crippen LogP contribution in [0.3, 0.4) is 0 Å². The first-order valence-corrected chi connectivity index (χ1v) is 25.3. The molecule has 3 unspecified atom stereocenters. The molecule has 63 heavy (non-hydrogen) atoms. The molecule has 0 saturated heterocycles. The van der Waals surface area contributed by atoms with Gasteiger partial charge in [-0.15, -0.1) is 0 Å². The molecule has 3 atom stereocenters. The predicted octanol–water partition coefficient (Wildman–Crippen LogP) is 15.3. The summed E-state index contributed by atoms with van der Waals surface area (Å²) in [5.74, 6) is -0.642. The molecule has 0 aromatic rings. The normalized spacial score (nSPS) is 14.3. The van der Waals surface area contributed by atoms with Crippen LogP contribution in [0.15, 0.2) is 122 Å². The van der Waals surface area contributed by atoms with Gasteiger partial charge in [-0.1, -0.05) is 213 Å². The number of nitrogens with one attached hydrogen (secondary N) is 1. The summed E-state index contributed by atoms with van der Waals surface area (Å²) < 4.78 is 5.86. The van der Waals surface area contributed by atoms with Crippen molar-refractivity contribution < 1.29 is 24.5 Å². The van der Waals surface area contributed by atoms with E-state index in [0.29, 0.717) is 19.3 Å². The Morgan fingerprint density at radius 1 is 0.476 bits per heavy atom. The predicted molar refractivity (Wildman–Crippen MR) is 273 cm³/mol. The van der Waals surface area contributed by atoms with Gasteiger partial charge in [0.2, 0.25) is 5.91 Å². The fourth-order valence-corrected chi connectivity index (χ4v) is 6.80. The van der Waals surface area contributed by atoms with Gasteiger partial charge in [0.05, 0.1) is 25.2 Å². The fraction of sp³-hybridized carbons (Fsp3) is 0.614. The average molecular weight is 872 g/mol. The zero-order valence-corrected chi connectivity index (χ0v) is 40.4. The lowest BCUT2D eigenvalue weighted by Crippen LogP contribution is -2.46. The molecular weight excluding hydrogens is 779 g/mol.